The van der Waals surface area contributed by atoms with Gasteiger partial charge in [0, 0.05) is 11.6 Å². The molecule has 1 unspecified atom stereocenters. The van der Waals surface area contributed by atoms with Gasteiger partial charge in [-0.05, 0) is 26.5 Å². The fraction of sp³-hybridized carbons (Fsp3) is 0.636. The van der Waals surface area contributed by atoms with Crippen LogP contribution in [0.2, 0.25) is 0 Å². The van der Waals surface area contributed by atoms with Crippen molar-refractivity contribution >= 4 is 0 Å². The van der Waals surface area contributed by atoms with Gasteiger partial charge < -0.3 is 9.73 Å². The van der Waals surface area contributed by atoms with E-state index in [1.807, 2.05) is 20.2 Å². The summed E-state index contributed by atoms with van der Waals surface area (Å²) in [4.78, 5) is 0. The molecule has 1 atom stereocenters. The molecule has 0 saturated heterocycles. The van der Waals surface area contributed by atoms with Crippen LogP contribution in [0.4, 0.5) is 0 Å². The van der Waals surface area contributed by atoms with Crippen LogP contribution in [0.25, 0.3) is 0 Å². The summed E-state index contributed by atoms with van der Waals surface area (Å²) >= 11 is 0. The summed E-state index contributed by atoms with van der Waals surface area (Å²) in [6.45, 7) is 4.20. The molecule has 0 aliphatic heterocycles. The Morgan fingerprint density at radius 1 is 1.54 bits per heavy atom. The standard InChI is InChI=1S/C11H19NO/c1-4-5-6-11(12-3)10-7-9(2)13-8-10/h7-8,11-12H,4-6H2,1-3H3. The third-order valence-electron chi connectivity index (χ3n) is 2.35. The number of furan rings is 1. The zero-order chi connectivity index (χ0) is 9.68. The molecule has 0 radical (unpaired) electrons. The summed E-state index contributed by atoms with van der Waals surface area (Å²) in [6, 6.07) is 2.56. The van der Waals surface area contributed by atoms with Crippen LogP contribution in [0.15, 0.2) is 16.7 Å². The van der Waals surface area contributed by atoms with Crippen molar-refractivity contribution in [2.24, 2.45) is 0 Å². The quantitative estimate of drug-likeness (QED) is 0.755. The van der Waals surface area contributed by atoms with Crippen LogP contribution in [-0.2, 0) is 0 Å². The van der Waals surface area contributed by atoms with Crippen molar-refractivity contribution in [3.63, 3.8) is 0 Å². The zero-order valence-electron chi connectivity index (χ0n) is 8.76. The van der Waals surface area contributed by atoms with Crippen molar-refractivity contribution in [2.45, 2.75) is 39.2 Å². The molecule has 2 nitrogen and oxygen atoms in total. The van der Waals surface area contributed by atoms with Crippen LogP contribution >= 0.6 is 0 Å². The van der Waals surface area contributed by atoms with E-state index in [1.54, 1.807) is 0 Å². The molecule has 1 heterocycles. The average molecular weight is 181 g/mol. The maximum atomic E-state index is 5.29. The molecule has 0 aliphatic rings. The summed E-state index contributed by atoms with van der Waals surface area (Å²) in [7, 11) is 2.00. The van der Waals surface area contributed by atoms with Gasteiger partial charge in [-0.15, -0.1) is 0 Å². The van der Waals surface area contributed by atoms with Gasteiger partial charge in [0.1, 0.15) is 5.76 Å². The van der Waals surface area contributed by atoms with Gasteiger partial charge in [-0.25, -0.2) is 0 Å². The minimum Gasteiger partial charge on any atom is -0.469 e. The monoisotopic (exact) mass is 181 g/mol. The highest BCUT2D eigenvalue weighted by atomic mass is 16.3. The Morgan fingerprint density at radius 3 is 2.77 bits per heavy atom. The second-order valence-electron chi connectivity index (χ2n) is 3.47. The molecule has 0 fully saturated rings. The fourth-order valence-corrected chi connectivity index (χ4v) is 1.53. The summed E-state index contributed by atoms with van der Waals surface area (Å²) in [5.41, 5.74) is 1.27. The Kier molecular flexibility index (Phi) is 4.03. The lowest BCUT2D eigenvalue weighted by atomic mass is 10.0. The number of unbranched alkanes of at least 4 members (excludes halogenated alkanes) is 1. The molecule has 0 bridgehead atoms. The first-order chi connectivity index (χ1) is 6.27. The van der Waals surface area contributed by atoms with E-state index in [0.29, 0.717) is 6.04 Å². The molecule has 74 valence electrons. The Hall–Kier alpha value is -0.760. The summed E-state index contributed by atoms with van der Waals surface area (Å²) in [6.07, 6.45) is 5.54. The van der Waals surface area contributed by atoms with Crippen molar-refractivity contribution in [3.8, 4) is 0 Å². The fourth-order valence-electron chi connectivity index (χ4n) is 1.53. The zero-order valence-corrected chi connectivity index (χ0v) is 8.76. The van der Waals surface area contributed by atoms with Crippen LogP contribution in [-0.4, -0.2) is 7.05 Å². The maximum Gasteiger partial charge on any atom is 0.101 e. The number of rotatable bonds is 5. The molecular weight excluding hydrogens is 162 g/mol. The average Bonchev–Trinajstić information content (AvgIpc) is 2.54. The molecule has 1 N–H and O–H groups in total. The number of hydrogen-bond acceptors (Lipinski definition) is 2. The highest BCUT2D eigenvalue weighted by molar-refractivity contribution is 5.16. The Bertz CT molecular complexity index is 242. The first-order valence-electron chi connectivity index (χ1n) is 5.00. The highest BCUT2D eigenvalue weighted by Crippen LogP contribution is 2.20. The predicted octanol–water partition coefficient (Wildman–Crippen LogP) is 3.04. The third kappa shape index (κ3) is 2.88. The van der Waals surface area contributed by atoms with Gasteiger partial charge in [-0.2, -0.15) is 0 Å². The van der Waals surface area contributed by atoms with Crippen LogP contribution in [0.5, 0.6) is 0 Å². The molecule has 13 heavy (non-hydrogen) atoms. The van der Waals surface area contributed by atoms with E-state index >= 15 is 0 Å². The van der Waals surface area contributed by atoms with Gasteiger partial charge in [0.15, 0.2) is 0 Å². The molecule has 0 aliphatic carbocycles. The molecule has 1 rings (SSSR count). The van der Waals surface area contributed by atoms with Crippen LogP contribution in [0.1, 0.15) is 43.6 Å². The number of nitrogens with one attached hydrogen (secondary N) is 1. The largest absolute Gasteiger partial charge is 0.469 e. The van der Waals surface area contributed by atoms with Crippen LogP contribution in [0, 0.1) is 6.92 Å². The minimum absolute atomic E-state index is 0.456. The molecular formula is C11H19NO. The molecule has 1 aromatic heterocycles. The van der Waals surface area contributed by atoms with Crippen LogP contribution in [0.3, 0.4) is 0 Å². The predicted molar refractivity (Wildman–Crippen MR) is 54.8 cm³/mol. The molecule has 0 saturated carbocycles. The lowest BCUT2D eigenvalue weighted by Gasteiger charge is -2.12. The second kappa shape index (κ2) is 5.07. The van der Waals surface area contributed by atoms with E-state index in [9.17, 15) is 0 Å². The number of hydrogen-bond donors (Lipinski definition) is 1. The topological polar surface area (TPSA) is 25.2 Å². The molecule has 0 amide bonds. The SMILES string of the molecule is CCCCC(NC)c1coc(C)c1. The summed E-state index contributed by atoms with van der Waals surface area (Å²) < 4.78 is 5.29. The highest BCUT2D eigenvalue weighted by Gasteiger charge is 2.10. The lowest BCUT2D eigenvalue weighted by Crippen LogP contribution is -2.15. The minimum atomic E-state index is 0.456. The molecule has 1 aromatic rings. The molecule has 2 heteroatoms. The number of aryl methyl sites for hydroxylation is 1. The van der Waals surface area contributed by atoms with Crippen molar-refractivity contribution < 1.29 is 4.42 Å². The first kappa shape index (κ1) is 10.3. The Morgan fingerprint density at radius 2 is 2.31 bits per heavy atom. The maximum absolute atomic E-state index is 5.29. The van der Waals surface area contributed by atoms with E-state index in [-0.39, 0.29) is 0 Å². The Balaban J connectivity index is 2.56. The van der Waals surface area contributed by atoms with Gasteiger partial charge in [-0.3, -0.25) is 0 Å². The Labute approximate surface area is 80.3 Å². The third-order valence-corrected chi connectivity index (χ3v) is 2.35. The van der Waals surface area contributed by atoms with Crippen molar-refractivity contribution in [2.75, 3.05) is 7.05 Å². The van der Waals surface area contributed by atoms with Gasteiger partial charge in [0.25, 0.3) is 0 Å². The van der Waals surface area contributed by atoms with E-state index in [4.69, 9.17) is 4.42 Å². The molecule has 0 aromatic carbocycles. The van der Waals surface area contributed by atoms with Crippen molar-refractivity contribution in [3.05, 3.63) is 23.7 Å². The smallest absolute Gasteiger partial charge is 0.101 e. The van der Waals surface area contributed by atoms with E-state index < -0.39 is 0 Å². The van der Waals surface area contributed by atoms with Gasteiger partial charge in [-0.1, -0.05) is 19.8 Å². The second-order valence-corrected chi connectivity index (χ2v) is 3.47. The van der Waals surface area contributed by atoms with Gasteiger partial charge in [0.05, 0.1) is 6.26 Å². The van der Waals surface area contributed by atoms with E-state index in [0.717, 1.165) is 5.76 Å². The normalized spacial score (nSPS) is 13.2. The summed E-state index contributed by atoms with van der Waals surface area (Å²) in [5.74, 6) is 0.992. The van der Waals surface area contributed by atoms with E-state index in [2.05, 4.69) is 18.3 Å². The van der Waals surface area contributed by atoms with Gasteiger partial charge >= 0.3 is 0 Å². The van der Waals surface area contributed by atoms with Crippen LogP contribution < -0.4 is 5.32 Å². The summed E-state index contributed by atoms with van der Waals surface area (Å²) in [5, 5.41) is 3.31. The van der Waals surface area contributed by atoms with E-state index in [1.165, 1.54) is 24.8 Å². The van der Waals surface area contributed by atoms with Gasteiger partial charge in [0.2, 0.25) is 0 Å². The van der Waals surface area contributed by atoms with Crippen molar-refractivity contribution in [1.29, 1.82) is 0 Å². The molecule has 0 spiro atoms. The lowest BCUT2D eigenvalue weighted by molar-refractivity contribution is 0.500. The van der Waals surface area contributed by atoms with Crippen molar-refractivity contribution in [1.82, 2.24) is 5.32 Å². The first-order valence-corrected chi connectivity index (χ1v) is 5.00.